The number of carbonyl (C=O) groups is 1. The quantitative estimate of drug-likeness (QED) is 0.626. The fourth-order valence-electron chi connectivity index (χ4n) is 1.86. The minimum Gasteiger partial charge on any atom is -0.497 e. The van der Waals surface area contributed by atoms with E-state index in [0.29, 0.717) is 24.7 Å². The first kappa shape index (κ1) is 12.7. The van der Waals surface area contributed by atoms with Gasteiger partial charge in [0.15, 0.2) is 5.54 Å². The lowest BCUT2D eigenvalue weighted by atomic mass is 9.98. The number of hydrogen-bond donors (Lipinski definition) is 1. The summed E-state index contributed by atoms with van der Waals surface area (Å²) in [4.78, 5) is 12.0. The van der Waals surface area contributed by atoms with E-state index in [2.05, 4.69) is 5.32 Å². The second kappa shape index (κ2) is 4.86. The fourth-order valence-corrected chi connectivity index (χ4v) is 1.86. The van der Waals surface area contributed by atoms with Crippen LogP contribution in [0.2, 0.25) is 0 Å². The first-order chi connectivity index (χ1) is 8.66. The highest BCUT2D eigenvalue weighted by Crippen LogP contribution is 2.36. The van der Waals surface area contributed by atoms with Gasteiger partial charge in [-0.05, 0) is 24.6 Å². The Labute approximate surface area is 106 Å². The maximum Gasteiger partial charge on any atom is 0.332 e. The van der Waals surface area contributed by atoms with Gasteiger partial charge < -0.3 is 14.2 Å². The molecule has 0 radical (unpaired) electrons. The molecule has 1 aliphatic heterocycles. The molecule has 1 aromatic rings. The van der Waals surface area contributed by atoms with Crippen molar-refractivity contribution >= 4 is 5.97 Å². The van der Waals surface area contributed by atoms with Gasteiger partial charge >= 0.3 is 5.97 Å². The predicted molar refractivity (Wildman–Crippen MR) is 65.9 cm³/mol. The number of ether oxygens (including phenoxy) is 3. The van der Waals surface area contributed by atoms with Gasteiger partial charge in [0.2, 0.25) is 0 Å². The van der Waals surface area contributed by atoms with Crippen molar-refractivity contribution in [2.75, 3.05) is 27.4 Å². The molecule has 1 aliphatic rings. The Morgan fingerprint density at radius 2 is 1.83 bits per heavy atom. The number of nitrogens with one attached hydrogen (secondary N) is 1. The highest BCUT2D eigenvalue weighted by molar-refractivity contribution is 5.86. The SMILES string of the molecule is CCOC(=O)[C@@]1(c2cc(OC)cc(OC)c2)CN1. The van der Waals surface area contributed by atoms with Crippen molar-refractivity contribution in [3.8, 4) is 11.5 Å². The Morgan fingerprint density at radius 1 is 1.28 bits per heavy atom. The molecule has 2 rings (SSSR count). The van der Waals surface area contributed by atoms with Gasteiger partial charge in [-0.25, -0.2) is 4.79 Å². The van der Waals surface area contributed by atoms with Crippen molar-refractivity contribution in [2.24, 2.45) is 0 Å². The zero-order valence-corrected chi connectivity index (χ0v) is 10.8. The molecule has 1 aromatic carbocycles. The molecule has 0 saturated carbocycles. The summed E-state index contributed by atoms with van der Waals surface area (Å²) in [6, 6.07) is 5.41. The lowest BCUT2D eigenvalue weighted by Gasteiger charge is -2.15. The van der Waals surface area contributed by atoms with E-state index in [-0.39, 0.29) is 5.97 Å². The second-order valence-electron chi connectivity index (χ2n) is 4.08. The number of benzene rings is 1. The van der Waals surface area contributed by atoms with Crippen molar-refractivity contribution in [3.05, 3.63) is 23.8 Å². The molecule has 0 aromatic heterocycles. The zero-order valence-electron chi connectivity index (χ0n) is 10.8. The van der Waals surface area contributed by atoms with Crippen LogP contribution in [0.3, 0.4) is 0 Å². The molecule has 5 nitrogen and oxygen atoms in total. The molecule has 0 spiro atoms. The Kier molecular flexibility index (Phi) is 3.43. The van der Waals surface area contributed by atoms with Crippen molar-refractivity contribution in [1.29, 1.82) is 0 Å². The van der Waals surface area contributed by atoms with Crippen molar-refractivity contribution < 1.29 is 19.0 Å². The Balaban J connectivity index is 2.35. The van der Waals surface area contributed by atoms with Gasteiger partial charge in [0.25, 0.3) is 0 Å². The summed E-state index contributed by atoms with van der Waals surface area (Å²) in [5.41, 5.74) is 0.0647. The van der Waals surface area contributed by atoms with Crippen LogP contribution in [0.25, 0.3) is 0 Å². The number of hydrogen-bond acceptors (Lipinski definition) is 5. The second-order valence-corrected chi connectivity index (χ2v) is 4.08. The van der Waals surface area contributed by atoms with Crippen LogP contribution in [0.4, 0.5) is 0 Å². The molecule has 1 atom stereocenters. The normalized spacial score (nSPS) is 21.3. The third-order valence-electron chi connectivity index (χ3n) is 3.00. The van der Waals surface area contributed by atoms with Gasteiger partial charge in [0.1, 0.15) is 11.5 Å². The Morgan fingerprint density at radius 3 is 2.22 bits per heavy atom. The largest absolute Gasteiger partial charge is 0.497 e. The van der Waals surface area contributed by atoms with E-state index in [9.17, 15) is 4.79 Å². The van der Waals surface area contributed by atoms with Crippen LogP contribution in [0.1, 0.15) is 12.5 Å². The van der Waals surface area contributed by atoms with Crippen LogP contribution in [-0.4, -0.2) is 33.3 Å². The van der Waals surface area contributed by atoms with Crippen molar-refractivity contribution in [3.63, 3.8) is 0 Å². The van der Waals surface area contributed by atoms with Gasteiger partial charge in [-0.2, -0.15) is 0 Å². The highest BCUT2D eigenvalue weighted by Gasteiger charge is 2.53. The van der Waals surface area contributed by atoms with E-state index in [1.165, 1.54) is 0 Å². The summed E-state index contributed by atoms with van der Waals surface area (Å²) >= 11 is 0. The first-order valence-corrected chi connectivity index (χ1v) is 5.82. The number of esters is 1. The molecule has 18 heavy (non-hydrogen) atoms. The molecule has 1 N–H and O–H groups in total. The van der Waals surface area contributed by atoms with Crippen LogP contribution < -0.4 is 14.8 Å². The maximum absolute atomic E-state index is 12.0. The molecule has 0 amide bonds. The van der Waals surface area contributed by atoms with E-state index < -0.39 is 5.54 Å². The lowest BCUT2D eigenvalue weighted by Crippen LogP contribution is -2.28. The highest BCUT2D eigenvalue weighted by atomic mass is 16.5. The van der Waals surface area contributed by atoms with E-state index in [4.69, 9.17) is 14.2 Å². The molecule has 0 bridgehead atoms. The maximum atomic E-state index is 12.0. The van der Waals surface area contributed by atoms with E-state index in [1.807, 2.05) is 12.1 Å². The molecule has 98 valence electrons. The standard InChI is InChI=1S/C13H17NO4/c1-4-18-12(15)13(8-14-13)9-5-10(16-2)7-11(6-9)17-3/h5-7,14H,4,8H2,1-3H3/t13-/m0/s1. The van der Waals surface area contributed by atoms with E-state index in [0.717, 1.165) is 5.56 Å². The van der Waals surface area contributed by atoms with Gasteiger partial charge in [-0.15, -0.1) is 0 Å². The average molecular weight is 251 g/mol. The van der Waals surface area contributed by atoms with Crippen LogP contribution in [-0.2, 0) is 15.1 Å². The fraction of sp³-hybridized carbons (Fsp3) is 0.462. The summed E-state index contributed by atoms with van der Waals surface area (Å²) in [7, 11) is 3.16. The number of rotatable bonds is 5. The Bertz CT molecular complexity index is 432. The minimum absolute atomic E-state index is 0.264. The monoisotopic (exact) mass is 251 g/mol. The smallest absolute Gasteiger partial charge is 0.332 e. The summed E-state index contributed by atoms with van der Waals surface area (Å²) < 4.78 is 15.5. The van der Waals surface area contributed by atoms with Gasteiger partial charge in [-0.1, -0.05) is 0 Å². The average Bonchev–Trinajstić information content (AvgIpc) is 3.20. The third kappa shape index (κ3) is 2.13. The van der Waals surface area contributed by atoms with Crippen LogP contribution in [0, 0.1) is 0 Å². The number of methoxy groups -OCH3 is 2. The van der Waals surface area contributed by atoms with E-state index >= 15 is 0 Å². The number of carbonyl (C=O) groups excluding carboxylic acids is 1. The Hall–Kier alpha value is -1.75. The molecule has 1 fully saturated rings. The molecule has 1 saturated heterocycles. The minimum atomic E-state index is -0.738. The predicted octanol–water partition coefficient (Wildman–Crippen LogP) is 1.07. The topological polar surface area (TPSA) is 66.7 Å². The molecular weight excluding hydrogens is 234 g/mol. The van der Waals surface area contributed by atoms with E-state index in [1.54, 1.807) is 27.2 Å². The molecular formula is C13H17NO4. The summed E-state index contributed by atoms with van der Waals surface area (Å²) in [5, 5.41) is 3.07. The molecule has 0 aliphatic carbocycles. The molecule has 1 heterocycles. The van der Waals surface area contributed by atoms with Gasteiger partial charge in [-0.3, -0.25) is 5.32 Å². The van der Waals surface area contributed by atoms with Crippen LogP contribution >= 0.6 is 0 Å². The first-order valence-electron chi connectivity index (χ1n) is 5.82. The van der Waals surface area contributed by atoms with Crippen molar-refractivity contribution in [1.82, 2.24) is 5.32 Å². The summed E-state index contributed by atoms with van der Waals surface area (Å²) in [6.07, 6.45) is 0. The summed E-state index contributed by atoms with van der Waals surface area (Å²) in [5.74, 6) is 1.05. The molecule has 5 heteroatoms. The zero-order chi connectivity index (χ0) is 13.2. The van der Waals surface area contributed by atoms with Crippen LogP contribution in [0.15, 0.2) is 18.2 Å². The van der Waals surface area contributed by atoms with Crippen LogP contribution in [0.5, 0.6) is 11.5 Å². The summed E-state index contributed by atoms with van der Waals surface area (Å²) in [6.45, 7) is 2.73. The van der Waals surface area contributed by atoms with Crippen molar-refractivity contribution in [2.45, 2.75) is 12.5 Å². The third-order valence-corrected chi connectivity index (χ3v) is 3.00. The van der Waals surface area contributed by atoms with Gasteiger partial charge in [0.05, 0.1) is 20.8 Å². The van der Waals surface area contributed by atoms with Gasteiger partial charge in [0, 0.05) is 12.6 Å². The lowest BCUT2D eigenvalue weighted by molar-refractivity contribution is -0.146. The molecule has 0 unspecified atom stereocenters.